The van der Waals surface area contributed by atoms with Gasteiger partial charge in [0, 0.05) is 19.2 Å². The fourth-order valence-electron chi connectivity index (χ4n) is 2.33. The van der Waals surface area contributed by atoms with E-state index in [0.717, 1.165) is 11.1 Å². The Hall–Kier alpha value is -2.63. The number of methoxy groups -OCH3 is 1. The van der Waals surface area contributed by atoms with Gasteiger partial charge in [0.1, 0.15) is 0 Å². The maximum absolute atomic E-state index is 12.5. The van der Waals surface area contributed by atoms with Gasteiger partial charge in [-0.2, -0.15) is 8.78 Å². The molecule has 0 aromatic heterocycles. The van der Waals surface area contributed by atoms with Crippen LogP contribution in [-0.4, -0.2) is 31.6 Å². The van der Waals surface area contributed by atoms with E-state index in [2.05, 4.69) is 4.74 Å². The number of aryl methyl sites for hydroxylation is 1. The van der Waals surface area contributed by atoms with Crippen molar-refractivity contribution in [3.05, 3.63) is 59.2 Å². The summed E-state index contributed by atoms with van der Waals surface area (Å²) in [7, 11) is 3.02. The standard InChI is InChI=1S/C18H19F2NO3/c1-12-6-4-5-7-14(12)11-21(2)17(22)13-8-9-15(24-18(19)20)16(10-13)23-3/h4-10,18H,11H2,1-3H3. The van der Waals surface area contributed by atoms with Crippen molar-refractivity contribution in [3.8, 4) is 11.5 Å². The van der Waals surface area contributed by atoms with Crippen LogP contribution < -0.4 is 9.47 Å². The third kappa shape index (κ3) is 4.22. The summed E-state index contributed by atoms with van der Waals surface area (Å²) in [4.78, 5) is 14.1. The molecule has 0 saturated heterocycles. The Morgan fingerprint density at radius 1 is 1.17 bits per heavy atom. The normalized spacial score (nSPS) is 10.6. The van der Waals surface area contributed by atoms with Crippen molar-refractivity contribution in [2.75, 3.05) is 14.2 Å². The average Bonchev–Trinajstić information content (AvgIpc) is 2.56. The lowest BCUT2D eigenvalue weighted by molar-refractivity contribution is -0.0512. The fraction of sp³-hybridized carbons (Fsp3) is 0.278. The molecule has 0 N–H and O–H groups in total. The summed E-state index contributed by atoms with van der Waals surface area (Å²) in [6, 6.07) is 11.9. The lowest BCUT2D eigenvalue weighted by atomic mass is 10.1. The molecule has 0 aliphatic rings. The Balaban J connectivity index is 2.18. The van der Waals surface area contributed by atoms with Crippen LogP contribution in [0.15, 0.2) is 42.5 Å². The minimum atomic E-state index is -2.95. The molecule has 2 aromatic carbocycles. The first-order valence-electron chi connectivity index (χ1n) is 7.35. The van der Waals surface area contributed by atoms with E-state index < -0.39 is 6.61 Å². The molecular weight excluding hydrogens is 316 g/mol. The molecule has 128 valence electrons. The van der Waals surface area contributed by atoms with E-state index in [1.165, 1.54) is 25.3 Å². The number of alkyl halides is 2. The highest BCUT2D eigenvalue weighted by molar-refractivity contribution is 5.94. The monoisotopic (exact) mass is 335 g/mol. The number of benzene rings is 2. The summed E-state index contributed by atoms with van der Waals surface area (Å²) in [5, 5.41) is 0. The van der Waals surface area contributed by atoms with Crippen LogP contribution in [0.3, 0.4) is 0 Å². The number of hydrogen-bond acceptors (Lipinski definition) is 3. The Morgan fingerprint density at radius 2 is 1.88 bits per heavy atom. The summed E-state index contributed by atoms with van der Waals surface area (Å²) >= 11 is 0. The van der Waals surface area contributed by atoms with Gasteiger partial charge in [0.15, 0.2) is 11.5 Å². The molecule has 0 bridgehead atoms. The first-order valence-corrected chi connectivity index (χ1v) is 7.35. The maximum atomic E-state index is 12.5. The molecule has 0 heterocycles. The molecule has 0 aliphatic carbocycles. The molecule has 0 saturated carbocycles. The van der Waals surface area contributed by atoms with E-state index in [9.17, 15) is 13.6 Å². The molecule has 2 aromatic rings. The smallest absolute Gasteiger partial charge is 0.387 e. The van der Waals surface area contributed by atoms with Crippen molar-refractivity contribution in [1.29, 1.82) is 0 Å². The van der Waals surface area contributed by atoms with Gasteiger partial charge in [0.2, 0.25) is 0 Å². The van der Waals surface area contributed by atoms with E-state index >= 15 is 0 Å². The van der Waals surface area contributed by atoms with Gasteiger partial charge in [-0.15, -0.1) is 0 Å². The fourth-order valence-corrected chi connectivity index (χ4v) is 2.33. The van der Waals surface area contributed by atoms with Crippen molar-refractivity contribution < 1.29 is 23.0 Å². The van der Waals surface area contributed by atoms with Crippen LogP contribution in [0, 0.1) is 6.92 Å². The predicted octanol–water partition coefficient (Wildman–Crippen LogP) is 3.88. The number of ether oxygens (including phenoxy) is 2. The quantitative estimate of drug-likeness (QED) is 0.804. The first kappa shape index (κ1) is 17.7. The van der Waals surface area contributed by atoms with Crippen molar-refractivity contribution in [2.24, 2.45) is 0 Å². The molecule has 2 rings (SSSR count). The van der Waals surface area contributed by atoms with Gasteiger partial charge in [0.25, 0.3) is 5.91 Å². The highest BCUT2D eigenvalue weighted by atomic mass is 19.3. The van der Waals surface area contributed by atoms with Crippen LogP contribution in [0.2, 0.25) is 0 Å². The highest BCUT2D eigenvalue weighted by Gasteiger charge is 2.17. The number of nitrogens with zero attached hydrogens (tertiary/aromatic N) is 1. The Kier molecular flexibility index (Phi) is 5.73. The molecule has 0 unspecified atom stereocenters. The summed E-state index contributed by atoms with van der Waals surface area (Å²) in [5.74, 6) is -0.254. The predicted molar refractivity (Wildman–Crippen MR) is 86.6 cm³/mol. The largest absolute Gasteiger partial charge is 0.493 e. The number of carbonyl (C=O) groups is 1. The average molecular weight is 335 g/mol. The van der Waals surface area contributed by atoms with Crippen LogP contribution in [0.5, 0.6) is 11.5 Å². The van der Waals surface area contributed by atoms with Crippen LogP contribution in [-0.2, 0) is 6.54 Å². The summed E-state index contributed by atoms with van der Waals surface area (Å²) < 4.78 is 34.1. The van der Waals surface area contributed by atoms with Gasteiger partial charge in [-0.3, -0.25) is 4.79 Å². The Morgan fingerprint density at radius 3 is 2.50 bits per heavy atom. The summed E-state index contributed by atoms with van der Waals surface area (Å²) in [6.45, 7) is -0.528. The minimum absolute atomic E-state index is 0.0884. The second-order valence-corrected chi connectivity index (χ2v) is 5.33. The zero-order valence-corrected chi connectivity index (χ0v) is 13.8. The third-order valence-electron chi connectivity index (χ3n) is 3.64. The first-order chi connectivity index (χ1) is 11.4. The van der Waals surface area contributed by atoms with Crippen molar-refractivity contribution >= 4 is 5.91 Å². The van der Waals surface area contributed by atoms with E-state index in [1.54, 1.807) is 11.9 Å². The molecule has 24 heavy (non-hydrogen) atoms. The number of rotatable bonds is 6. The molecule has 1 amide bonds. The molecule has 6 heteroatoms. The lowest BCUT2D eigenvalue weighted by Crippen LogP contribution is -2.26. The molecular formula is C18H19F2NO3. The van der Waals surface area contributed by atoms with Crippen molar-refractivity contribution in [2.45, 2.75) is 20.1 Å². The van der Waals surface area contributed by atoms with E-state index in [4.69, 9.17) is 4.74 Å². The van der Waals surface area contributed by atoms with Crippen LogP contribution in [0.1, 0.15) is 21.5 Å². The van der Waals surface area contributed by atoms with Gasteiger partial charge in [-0.05, 0) is 36.2 Å². The molecule has 0 radical (unpaired) electrons. The van der Waals surface area contributed by atoms with Gasteiger partial charge in [-0.25, -0.2) is 0 Å². The SMILES string of the molecule is COc1cc(C(=O)N(C)Cc2ccccc2C)ccc1OC(F)F. The van der Waals surface area contributed by atoms with Crippen molar-refractivity contribution in [3.63, 3.8) is 0 Å². The van der Waals surface area contributed by atoms with E-state index in [0.29, 0.717) is 12.1 Å². The molecule has 4 nitrogen and oxygen atoms in total. The zero-order chi connectivity index (χ0) is 17.7. The van der Waals surface area contributed by atoms with Gasteiger partial charge < -0.3 is 14.4 Å². The molecule has 0 atom stereocenters. The van der Waals surface area contributed by atoms with Crippen LogP contribution in [0.4, 0.5) is 8.78 Å². The second-order valence-electron chi connectivity index (χ2n) is 5.33. The Bertz CT molecular complexity index is 719. The highest BCUT2D eigenvalue weighted by Crippen LogP contribution is 2.30. The molecule has 0 spiro atoms. The lowest BCUT2D eigenvalue weighted by Gasteiger charge is -2.19. The van der Waals surface area contributed by atoms with Crippen LogP contribution >= 0.6 is 0 Å². The number of halogens is 2. The van der Waals surface area contributed by atoms with Gasteiger partial charge in [-0.1, -0.05) is 24.3 Å². The maximum Gasteiger partial charge on any atom is 0.387 e. The third-order valence-corrected chi connectivity index (χ3v) is 3.64. The number of carbonyl (C=O) groups excluding carboxylic acids is 1. The molecule has 0 aliphatic heterocycles. The summed E-state index contributed by atoms with van der Waals surface area (Å²) in [6.07, 6.45) is 0. The van der Waals surface area contributed by atoms with Gasteiger partial charge in [0.05, 0.1) is 7.11 Å². The topological polar surface area (TPSA) is 38.8 Å². The van der Waals surface area contributed by atoms with E-state index in [1.807, 2.05) is 31.2 Å². The molecule has 0 fully saturated rings. The summed E-state index contributed by atoms with van der Waals surface area (Å²) in [5.41, 5.74) is 2.47. The number of amides is 1. The van der Waals surface area contributed by atoms with Crippen LogP contribution in [0.25, 0.3) is 0 Å². The Labute approximate surface area is 139 Å². The second kappa shape index (κ2) is 7.77. The van der Waals surface area contributed by atoms with Gasteiger partial charge >= 0.3 is 6.61 Å². The minimum Gasteiger partial charge on any atom is -0.493 e. The van der Waals surface area contributed by atoms with E-state index in [-0.39, 0.29) is 17.4 Å². The number of hydrogen-bond donors (Lipinski definition) is 0. The zero-order valence-electron chi connectivity index (χ0n) is 13.8. The van der Waals surface area contributed by atoms with Crippen molar-refractivity contribution in [1.82, 2.24) is 4.90 Å².